The minimum Gasteiger partial charge on any atom is -0.504 e. The van der Waals surface area contributed by atoms with Gasteiger partial charge in [0.2, 0.25) is 0 Å². The summed E-state index contributed by atoms with van der Waals surface area (Å²) >= 11 is 6.46. The average Bonchev–Trinajstić information content (AvgIpc) is 2.51. The molecule has 0 unspecified atom stereocenters. The first-order valence-electron chi connectivity index (χ1n) is 6.79. The van der Waals surface area contributed by atoms with Gasteiger partial charge < -0.3 is 14.9 Å². The van der Waals surface area contributed by atoms with Crippen molar-refractivity contribution in [2.45, 2.75) is 6.92 Å². The fourth-order valence-corrected chi connectivity index (χ4v) is 2.83. The predicted molar refractivity (Wildman–Crippen MR) is 97.6 cm³/mol. The number of ether oxygens (including phenoxy) is 1. The minimum absolute atomic E-state index is 0.191. The van der Waals surface area contributed by atoms with Crippen molar-refractivity contribution in [3.05, 3.63) is 50.4 Å². The van der Waals surface area contributed by atoms with Crippen LogP contribution in [0.3, 0.4) is 0 Å². The van der Waals surface area contributed by atoms with E-state index in [9.17, 15) is 15.0 Å². The summed E-state index contributed by atoms with van der Waals surface area (Å²) in [7, 11) is 0. The van der Waals surface area contributed by atoms with Crippen molar-refractivity contribution in [1.29, 1.82) is 0 Å². The van der Waals surface area contributed by atoms with Crippen LogP contribution in [0.5, 0.6) is 17.2 Å². The number of aromatic hydroxyl groups is 2. The molecular formula is C16H14Br2N2O4. The zero-order valence-corrected chi connectivity index (χ0v) is 15.8. The number of hydrogen-bond acceptors (Lipinski definition) is 5. The smallest absolute Gasteiger partial charge is 0.277 e. The Hall–Kier alpha value is -2.06. The van der Waals surface area contributed by atoms with Crippen LogP contribution in [-0.2, 0) is 4.79 Å². The zero-order chi connectivity index (χ0) is 17.7. The third-order valence-electron chi connectivity index (χ3n) is 2.91. The maximum atomic E-state index is 11.7. The van der Waals surface area contributed by atoms with Crippen LogP contribution in [0.15, 0.2) is 44.4 Å². The number of carbonyl (C=O) groups excluding carboxylic acids is 1. The molecule has 0 fully saturated rings. The summed E-state index contributed by atoms with van der Waals surface area (Å²) < 4.78 is 6.49. The lowest BCUT2D eigenvalue weighted by Gasteiger charge is -2.07. The lowest BCUT2D eigenvalue weighted by molar-refractivity contribution is -0.123. The van der Waals surface area contributed by atoms with E-state index >= 15 is 0 Å². The van der Waals surface area contributed by atoms with Gasteiger partial charge in [0, 0.05) is 0 Å². The van der Waals surface area contributed by atoms with Crippen LogP contribution in [0.4, 0.5) is 0 Å². The molecule has 126 valence electrons. The second-order valence-corrected chi connectivity index (χ2v) is 6.59. The van der Waals surface area contributed by atoms with Crippen LogP contribution in [-0.4, -0.2) is 28.9 Å². The van der Waals surface area contributed by atoms with Crippen molar-refractivity contribution >= 4 is 44.0 Å². The minimum atomic E-state index is -0.430. The van der Waals surface area contributed by atoms with Gasteiger partial charge >= 0.3 is 0 Å². The quantitative estimate of drug-likeness (QED) is 0.364. The summed E-state index contributed by atoms with van der Waals surface area (Å²) in [6, 6.07) is 8.40. The van der Waals surface area contributed by atoms with Crippen molar-refractivity contribution in [3.63, 3.8) is 0 Å². The van der Waals surface area contributed by atoms with Gasteiger partial charge in [-0.1, -0.05) is 6.07 Å². The average molecular weight is 458 g/mol. The Labute approximate surface area is 155 Å². The highest BCUT2D eigenvalue weighted by atomic mass is 79.9. The van der Waals surface area contributed by atoms with E-state index in [0.717, 1.165) is 10.0 Å². The number of benzene rings is 2. The van der Waals surface area contributed by atoms with Gasteiger partial charge in [-0.25, -0.2) is 5.43 Å². The van der Waals surface area contributed by atoms with Gasteiger partial charge in [0.05, 0.1) is 15.2 Å². The van der Waals surface area contributed by atoms with Crippen LogP contribution < -0.4 is 10.2 Å². The Bertz CT molecular complexity index is 771. The molecular weight excluding hydrogens is 444 g/mol. The molecule has 8 heteroatoms. The van der Waals surface area contributed by atoms with Crippen molar-refractivity contribution in [3.8, 4) is 17.2 Å². The molecule has 6 nitrogen and oxygen atoms in total. The highest BCUT2D eigenvalue weighted by Crippen LogP contribution is 2.33. The molecule has 1 amide bonds. The standard InChI is InChI=1S/C16H14Br2N2O4/c1-9-2-3-14(11(17)4-9)24-8-15(22)20-19-7-10-5-12(18)16(23)13(21)6-10/h2-7,21,23H,8H2,1H3,(H,20,22)/b19-7-. The van der Waals surface area contributed by atoms with Crippen molar-refractivity contribution < 1.29 is 19.7 Å². The van der Waals surface area contributed by atoms with Crippen molar-refractivity contribution in [2.75, 3.05) is 6.61 Å². The van der Waals surface area contributed by atoms with Crippen LogP contribution in [0.2, 0.25) is 0 Å². The molecule has 0 heterocycles. The third kappa shape index (κ3) is 4.97. The molecule has 0 radical (unpaired) electrons. The lowest BCUT2D eigenvalue weighted by Crippen LogP contribution is -2.24. The number of hydrogen-bond donors (Lipinski definition) is 3. The Morgan fingerprint density at radius 3 is 2.67 bits per heavy atom. The van der Waals surface area contributed by atoms with Gasteiger partial charge in [-0.05, 0) is 74.2 Å². The molecule has 0 aliphatic heterocycles. The van der Waals surface area contributed by atoms with E-state index in [-0.39, 0.29) is 18.1 Å². The number of aryl methyl sites for hydroxylation is 1. The third-order valence-corrected chi connectivity index (χ3v) is 4.14. The largest absolute Gasteiger partial charge is 0.504 e. The number of amides is 1. The molecule has 2 aromatic carbocycles. The maximum absolute atomic E-state index is 11.7. The normalized spacial score (nSPS) is 10.8. The van der Waals surface area contributed by atoms with E-state index in [2.05, 4.69) is 42.4 Å². The maximum Gasteiger partial charge on any atom is 0.277 e. The van der Waals surface area contributed by atoms with E-state index in [1.807, 2.05) is 19.1 Å². The number of carbonyl (C=O) groups is 1. The SMILES string of the molecule is Cc1ccc(OCC(=O)N/N=C\c2cc(O)c(O)c(Br)c2)c(Br)c1. The molecule has 3 N–H and O–H groups in total. The molecule has 2 rings (SSSR count). The van der Waals surface area contributed by atoms with E-state index in [1.54, 1.807) is 12.1 Å². The zero-order valence-electron chi connectivity index (χ0n) is 12.6. The van der Waals surface area contributed by atoms with Crippen LogP contribution >= 0.6 is 31.9 Å². The molecule has 0 atom stereocenters. The summed E-state index contributed by atoms with van der Waals surface area (Å²) in [5.41, 5.74) is 3.89. The molecule has 24 heavy (non-hydrogen) atoms. The molecule has 0 aromatic heterocycles. The van der Waals surface area contributed by atoms with Crippen molar-refractivity contribution in [2.24, 2.45) is 5.10 Å². The fourth-order valence-electron chi connectivity index (χ4n) is 1.76. The Balaban J connectivity index is 1.89. The van der Waals surface area contributed by atoms with E-state index < -0.39 is 5.91 Å². The number of rotatable bonds is 5. The Morgan fingerprint density at radius 1 is 1.25 bits per heavy atom. The highest BCUT2D eigenvalue weighted by molar-refractivity contribution is 9.10. The number of halogens is 2. The lowest BCUT2D eigenvalue weighted by atomic mass is 10.2. The van der Waals surface area contributed by atoms with Crippen LogP contribution in [0.1, 0.15) is 11.1 Å². The van der Waals surface area contributed by atoms with E-state index in [1.165, 1.54) is 12.3 Å². The molecule has 0 bridgehead atoms. The van der Waals surface area contributed by atoms with Gasteiger partial charge in [0.1, 0.15) is 5.75 Å². The van der Waals surface area contributed by atoms with Gasteiger partial charge in [-0.3, -0.25) is 4.79 Å². The summed E-state index contributed by atoms with van der Waals surface area (Å²) in [4.78, 5) is 11.7. The second kappa shape index (κ2) is 8.16. The van der Waals surface area contributed by atoms with Crippen molar-refractivity contribution in [1.82, 2.24) is 5.43 Å². The van der Waals surface area contributed by atoms with Crippen LogP contribution in [0.25, 0.3) is 0 Å². The number of nitrogens with one attached hydrogen (secondary N) is 1. The number of phenolic OH excluding ortho intramolecular Hbond substituents is 2. The number of nitrogens with zero attached hydrogens (tertiary/aromatic N) is 1. The van der Waals surface area contributed by atoms with Gasteiger partial charge in [0.15, 0.2) is 18.1 Å². The first-order valence-corrected chi connectivity index (χ1v) is 8.37. The Morgan fingerprint density at radius 2 is 2.00 bits per heavy atom. The summed E-state index contributed by atoms with van der Waals surface area (Å²) in [6.45, 7) is 1.76. The number of hydrazone groups is 1. The van der Waals surface area contributed by atoms with Gasteiger partial charge in [-0.15, -0.1) is 0 Å². The van der Waals surface area contributed by atoms with E-state index in [4.69, 9.17) is 4.74 Å². The highest BCUT2D eigenvalue weighted by Gasteiger charge is 2.07. The first-order chi connectivity index (χ1) is 11.4. The topological polar surface area (TPSA) is 91.2 Å². The molecule has 2 aromatic rings. The van der Waals surface area contributed by atoms with E-state index in [0.29, 0.717) is 15.8 Å². The van der Waals surface area contributed by atoms with Gasteiger partial charge in [0.25, 0.3) is 5.91 Å². The summed E-state index contributed by atoms with van der Waals surface area (Å²) in [5, 5.41) is 22.7. The second-order valence-electron chi connectivity index (χ2n) is 4.89. The number of phenols is 2. The monoisotopic (exact) mass is 456 g/mol. The predicted octanol–water partition coefficient (Wildman–Crippen LogP) is 3.46. The molecule has 0 aliphatic carbocycles. The summed E-state index contributed by atoms with van der Waals surface area (Å²) in [5.74, 6) is -0.411. The fraction of sp³-hybridized carbons (Fsp3) is 0.125. The Kier molecular flexibility index (Phi) is 6.22. The molecule has 0 spiro atoms. The first kappa shape index (κ1) is 18.3. The molecule has 0 saturated heterocycles. The van der Waals surface area contributed by atoms with Gasteiger partial charge in [-0.2, -0.15) is 5.10 Å². The molecule has 0 aliphatic rings. The molecule has 0 saturated carbocycles. The van der Waals surface area contributed by atoms with Crippen LogP contribution in [0, 0.1) is 6.92 Å². The summed E-state index contributed by atoms with van der Waals surface area (Å²) in [6.07, 6.45) is 1.34.